The molecular formula is C53H44N8O9. The number of imide groups is 2. The Morgan fingerprint density at radius 3 is 2.23 bits per heavy atom. The molecule has 70 heavy (non-hydrogen) atoms. The van der Waals surface area contributed by atoms with Crippen molar-refractivity contribution in [3.05, 3.63) is 180 Å². The number of para-hydroxylation sites is 1. The highest BCUT2D eigenvalue weighted by Gasteiger charge is 2.46. The fourth-order valence-electron chi connectivity index (χ4n) is 8.62. The van der Waals surface area contributed by atoms with Crippen molar-refractivity contribution >= 4 is 52.4 Å². The van der Waals surface area contributed by atoms with Crippen molar-refractivity contribution in [1.82, 2.24) is 34.6 Å². The molecule has 2 aliphatic heterocycles. The van der Waals surface area contributed by atoms with E-state index in [-0.39, 0.29) is 68.3 Å². The van der Waals surface area contributed by atoms with Gasteiger partial charge in [-0.15, -0.1) is 5.10 Å². The zero-order chi connectivity index (χ0) is 48.1. The van der Waals surface area contributed by atoms with Gasteiger partial charge in [-0.2, -0.15) is 0 Å². The molecule has 0 saturated carbocycles. The second kappa shape index (κ2) is 19.8. The van der Waals surface area contributed by atoms with Crippen molar-refractivity contribution < 1.29 is 43.3 Å². The number of anilines is 3. The summed E-state index contributed by atoms with van der Waals surface area (Å²) >= 11 is 0. The van der Waals surface area contributed by atoms with Gasteiger partial charge in [0.1, 0.15) is 35.4 Å². The van der Waals surface area contributed by atoms with Crippen LogP contribution in [0.15, 0.2) is 152 Å². The zero-order valence-electron chi connectivity index (χ0n) is 37.5. The topological polar surface area (TPSA) is 200 Å². The fourth-order valence-corrected chi connectivity index (χ4v) is 8.62. The standard InChI is InChI=1S/C53H44N8O9/c62-46-23-22-43(49(63)55-46)61-51(64)42-12-7-13-44(47(42)52(61)65)70-29-28-68-26-27-69-33-39-32-58(57-56-39)31-34-14-16-36(17-15-34)48-50(59-25-24-38(30-45(59)54-48)35-8-3-1-4-9-35)60(40-10-5-2-6-11-40)41-20-18-37(19-21-41)53(66)67/h1-21,24-25,30,32,43H,22-23,26-29,31,33H2,(H,66,67)(H,55,62,63). The van der Waals surface area contributed by atoms with E-state index in [2.05, 4.69) is 49.2 Å². The van der Waals surface area contributed by atoms with E-state index in [1.807, 2.05) is 85.2 Å². The van der Waals surface area contributed by atoms with E-state index >= 15 is 0 Å². The number of hydrogen-bond donors (Lipinski definition) is 2. The molecule has 1 atom stereocenters. The van der Waals surface area contributed by atoms with Crippen molar-refractivity contribution in [3.63, 3.8) is 0 Å². The van der Waals surface area contributed by atoms with Crippen LogP contribution in [-0.2, 0) is 32.2 Å². The van der Waals surface area contributed by atoms with E-state index in [1.165, 1.54) is 6.07 Å². The van der Waals surface area contributed by atoms with Gasteiger partial charge in [-0.05, 0) is 83.8 Å². The molecule has 1 saturated heterocycles. The number of benzene rings is 5. The number of nitrogens with one attached hydrogen (secondary N) is 1. The molecular weight excluding hydrogens is 893 g/mol. The van der Waals surface area contributed by atoms with Gasteiger partial charge < -0.3 is 19.3 Å². The molecule has 1 unspecified atom stereocenters. The second-order valence-corrected chi connectivity index (χ2v) is 16.6. The van der Waals surface area contributed by atoms with Crippen LogP contribution in [0.5, 0.6) is 5.75 Å². The number of aromatic nitrogens is 5. The highest BCUT2D eigenvalue weighted by molar-refractivity contribution is 6.24. The minimum atomic E-state index is -1.06. The predicted octanol–water partition coefficient (Wildman–Crippen LogP) is 7.49. The lowest BCUT2D eigenvalue weighted by Crippen LogP contribution is -2.54. The van der Waals surface area contributed by atoms with Crippen molar-refractivity contribution in [2.45, 2.75) is 32.0 Å². The molecule has 17 nitrogen and oxygen atoms in total. The molecule has 350 valence electrons. The summed E-state index contributed by atoms with van der Waals surface area (Å²) in [6.45, 7) is 1.49. The number of nitrogens with zero attached hydrogens (tertiary/aromatic N) is 7. The van der Waals surface area contributed by atoms with Gasteiger partial charge in [0.15, 0.2) is 5.82 Å². The van der Waals surface area contributed by atoms with Crippen molar-refractivity contribution in [1.29, 1.82) is 0 Å². The molecule has 0 bridgehead atoms. The average Bonchev–Trinajstić information content (AvgIpc) is 4.07. The van der Waals surface area contributed by atoms with Crippen LogP contribution >= 0.6 is 0 Å². The Morgan fingerprint density at radius 1 is 0.743 bits per heavy atom. The molecule has 17 heteroatoms. The summed E-state index contributed by atoms with van der Waals surface area (Å²) in [6.07, 6.45) is 3.94. The first kappa shape index (κ1) is 45.0. The maximum absolute atomic E-state index is 13.3. The molecule has 1 fully saturated rings. The molecule has 2 aliphatic rings. The van der Waals surface area contributed by atoms with Crippen LogP contribution in [-0.4, -0.2) is 96.5 Å². The molecule has 3 aromatic heterocycles. The van der Waals surface area contributed by atoms with Gasteiger partial charge in [0.2, 0.25) is 11.8 Å². The number of carbonyl (C=O) groups excluding carboxylic acids is 4. The van der Waals surface area contributed by atoms with Gasteiger partial charge in [0.05, 0.1) is 55.9 Å². The third-order valence-corrected chi connectivity index (χ3v) is 12.0. The lowest BCUT2D eigenvalue weighted by Gasteiger charge is -2.27. The average molecular weight is 937 g/mol. The summed E-state index contributed by atoms with van der Waals surface area (Å²) in [6, 6.07) is 42.8. The molecule has 0 radical (unpaired) electrons. The Kier molecular flexibility index (Phi) is 12.7. The van der Waals surface area contributed by atoms with Crippen LogP contribution in [0, 0.1) is 0 Å². The van der Waals surface area contributed by atoms with Crippen LogP contribution in [0.4, 0.5) is 17.2 Å². The number of hydrogen-bond acceptors (Lipinski definition) is 12. The summed E-state index contributed by atoms with van der Waals surface area (Å²) in [5.41, 5.74) is 8.11. The van der Waals surface area contributed by atoms with Crippen LogP contribution in [0.2, 0.25) is 0 Å². The lowest BCUT2D eigenvalue weighted by molar-refractivity contribution is -0.136. The number of imidazole rings is 1. The predicted molar refractivity (Wildman–Crippen MR) is 256 cm³/mol. The molecule has 10 rings (SSSR count). The number of ether oxygens (including phenoxy) is 3. The summed E-state index contributed by atoms with van der Waals surface area (Å²) < 4.78 is 21.1. The van der Waals surface area contributed by atoms with Gasteiger partial charge in [-0.25, -0.2) is 14.5 Å². The molecule has 8 aromatic rings. The van der Waals surface area contributed by atoms with Gasteiger partial charge in [0.25, 0.3) is 11.8 Å². The number of aromatic carboxylic acids is 1. The molecule has 5 heterocycles. The highest BCUT2D eigenvalue weighted by Crippen LogP contribution is 2.42. The summed E-state index contributed by atoms with van der Waals surface area (Å²) in [4.78, 5) is 70.5. The number of rotatable bonds is 18. The fraction of sp³-hybridized carbons (Fsp3) is 0.170. The normalized spacial score (nSPS) is 14.5. The van der Waals surface area contributed by atoms with E-state index in [4.69, 9.17) is 19.2 Å². The summed E-state index contributed by atoms with van der Waals surface area (Å²) in [5, 5.41) is 20.5. The van der Waals surface area contributed by atoms with E-state index in [0.29, 0.717) is 12.2 Å². The summed E-state index contributed by atoms with van der Waals surface area (Å²) in [5.74, 6) is -2.37. The van der Waals surface area contributed by atoms with Crippen LogP contribution in [0.25, 0.3) is 28.0 Å². The Labute approximate surface area is 400 Å². The lowest BCUT2D eigenvalue weighted by atomic mass is 10.0. The molecule has 5 aromatic carbocycles. The van der Waals surface area contributed by atoms with Crippen molar-refractivity contribution in [2.24, 2.45) is 0 Å². The molecule has 4 amide bonds. The largest absolute Gasteiger partial charge is 0.490 e. The first-order valence-electron chi connectivity index (χ1n) is 22.6. The number of amides is 4. The van der Waals surface area contributed by atoms with Gasteiger partial charge >= 0.3 is 5.97 Å². The monoisotopic (exact) mass is 936 g/mol. The first-order chi connectivity index (χ1) is 34.2. The maximum atomic E-state index is 13.3. The van der Waals surface area contributed by atoms with E-state index in [9.17, 15) is 29.1 Å². The van der Waals surface area contributed by atoms with Crippen LogP contribution in [0.1, 0.15) is 55.2 Å². The molecule has 2 N–H and O–H groups in total. The number of carboxylic acid groups (broad SMARTS) is 1. The third kappa shape index (κ3) is 9.25. The van der Waals surface area contributed by atoms with Crippen LogP contribution in [0.3, 0.4) is 0 Å². The Hall–Kier alpha value is -8.80. The number of pyridine rings is 1. The zero-order valence-corrected chi connectivity index (χ0v) is 37.5. The number of carboxylic acids is 1. The first-order valence-corrected chi connectivity index (χ1v) is 22.6. The Bertz CT molecular complexity index is 3250. The number of fused-ring (bicyclic) bond motifs is 2. The van der Waals surface area contributed by atoms with Crippen molar-refractivity contribution in [3.8, 4) is 28.1 Å². The minimum Gasteiger partial charge on any atom is -0.490 e. The van der Waals surface area contributed by atoms with Crippen LogP contribution < -0.4 is 15.0 Å². The van der Waals surface area contributed by atoms with E-state index in [1.54, 1.807) is 41.1 Å². The number of carbonyl (C=O) groups is 5. The van der Waals surface area contributed by atoms with Gasteiger partial charge in [-0.1, -0.05) is 84.1 Å². The Morgan fingerprint density at radius 2 is 1.47 bits per heavy atom. The van der Waals surface area contributed by atoms with E-state index < -0.39 is 35.6 Å². The minimum absolute atomic E-state index is 0.0330. The van der Waals surface area contributed by atoms with Crippen molar-refractivity contribution in [2.75, 3.05) is 31.3 Å². The quantitative estimate of drug-likeness (QED) is 0.0634. The maximum Gasteiger partial charge on any atom is 0.335 e. The number of piperidine rings is 1. The Balaban J connectivity index is 0.766. The second-order valence-electron chi connectivity index (χ2n) is 16.6. The van der Waals surface area contributed by atoms with Gasteiger partial charge in [-0.3, -0.25) is 38.7 Å². The van der Waals surface area contributed by atoms with Gasteiger partial charge in [0, 0.05) is 29.6 Å². The third-order valence-electron chi connectivity index (χ3n) is 12.0. The summed E-state index contributed by atoms with van der Waals surface area (Å²) in [7, 11) is 0. The molecule has 0 spiro atoms. The smallest absolute Gasteiger partial charge is 0.335 e. The molecule has 0 aliphatic carbocycles. The van der Waals surface area contributed by atoms with E-state index in [0.717, 1.165) is 55.7 Å². The highest BCUT2D eigenvalue weighted by atomic mass is 16.5. The SMILES string of the molecule is O=C1CCC(N2C(=O)c3cccc(OCCOCCOCc4cn(Cc5ccc(-c6nc7cc(-c8ccccc8)ccn7c6N(c6ccccc6)c6ccc(C(=O)O)cc6)cc5)nn4)c3C2=O)C(=O)N1.